The standard InChI is InChI=1S/C20H22ClNO3/c1-11(2)25-20(24)17-12(3)22-15-5-4-6-16(23)19(15)18(17)13-7-9-14(21)10-8-13/h5,7-11,18-19,22H,4,6H2,1-3H3. The molecule has 1 heterocycles. The van der Waals surface area contributed by atoms with Crippen molar-refractivity contribution in [2.45, 2.75) is 45.6 Å². The van der Waals surface area contributed by atoms with Gasteiger partial charge in [-0.1, -0.05) is 29.8 Å². The van der Waals surface area contributed by atoms with Gasteiger partial charge < -0.3 is 10.1 Å². The number of ketones is 1. The van der Waals surface area contributed by atoms with Gasteiger partial charge in [0.2, 0.25) is 0 Å². The van der Waals surface area contributed by atoms with Crippen molar-refractivity contribution in [3.05, 3.63) is 57.9 Å². The predicted molar refractivity (Wildman–Crippen MR) is 97.1 cm³/mol. The first-order valence-electron chi connectivity index (χ1n) is 8.55. The van der Waals surface area contributed by atoms with E-state index in [1.807, 2.05) is 32.9 Å². The lowest BCUT2D eigenvalue weighted by atomic mass is 9.71. The second-order valence-corrected chi connectivity index (χ2v) is 7.23. The van der Waals surface area contributed by atoms with Crippen LogP contribution in [0.3, 0.4) is 0 Å². The summed E-state index contributed by atoms with van der Waals surface area (Å²) in [5.41, 5.74) is 3.04. The molecule has 1 aromatic carbocycles. The first kappa shape index (κ1) is 17.7. The molecule has 1 N–H and O–H groups in total. The topological polar surface area (TPSA) is 55.4 Å². The average molecular weight is 360 g/mol. The van der Waals surface area contributed by atoms with Crippen LogP contribution in [-0.4, -0.2) is 17.9 Å². The number of allylic oxidation sites excluding steroid dienone is 3. The molecule has 25 heavy (non-hydrogen) atoms. The van der Waals surface area contributed by atoms with E-state index in [1.54, 1.807) is 12.1 Å². The Bertz CT molecular complexity index is 762. The highest BCUT2D eigenvalue weighted by Crippen LogP contribution is 2.44. The molecular formula is C20H22ClNO3. The van der Waals surface area contributed by atoms with Crippen LogP contribution in [0.1, 0.15) is 45.1 Å². The predicted octanol–water partition coefficient (Wildman–Crippen LogP) is 4.12. The van der Waals surface area contributed by atoms with Crippen LogP contribution in [-0.2, 0) is 14.3 Å². The van der Waals surface area contributed by atoms with Crippen molar-refractivity contribution in [2.75, 3.05) is 0 Å². The number of esters is 1. The molecule has 0 fully saturated rings. The normalized spacial score (nSPS) is 23.1. The Balaban J connectivity index is 2.13. The average Bonchev–Trinajstić information content (AvgIpc) is 2.53. The minimum atomic E-state index is -0.381. The number of fused-ring (bicyclic) bond motifs is 1. The Hall–Kier alpha value is -2.07. The molecule has 0 saturated heterocycles. The SMILES string of the molecule is CC1=C(C(=O)OC(C)C)C(c2ccc(Cl)cc2)C2C(=O)CCC=C2N1. The van der Waals surface area contributed by atoms with Gasteiger partial charge in [0.25, 0.3) is 0 Å². The van der Waals surface area contributed by atoms with Gasteiger partial charge in [-0.15, -0.1) is 0 Å². The molecule has 0 aromatic heterocycles. The molecule has 5 heteroatoms. The van der Waals surface area contributed by atoms with Crippen LogP contribution in [0.15, 0.2) is 47.3 Å². The summed E-state index contributed by atoms with van der Waals surface area (Å²) in [6.45, 7) is 5.49. The molecule has 132 valence electrons. The van der Waals surface area contributed by atoms with Crippen LogP contribution in [0.25, 0.3) is 0 Å². The van der Waals surface area contributed by atoms with Crippen LogP contribution in [0.2, 0.25) is 5.02 Å². The Morgan fingerprint density at radius 3 is 2.56 bits per heavy atom. The zero-order valence-electron chi connectivity index (χ0n) is 14.6. The summed E-state index contributed by atoms with van der Waals surface area (Å²) in [6.07, 6.45) is 3.05. The number of rotatable bonds is 3. The summed E-state index contributed by atoms with van der Waals surface area (Å²) >= 11 is 6.02. The molecule has 0 radical (unpaired) electrons. The number of carbonyl (C=O) groups is 2. The van der Waals surface area contributed by atoms with E-state index in [-0.39, 0.29) is 29.7 Å². The van der Waals surface area contributed by atoms with Crippen molar-refractivity contribution in [1.82, 2.24) is 5.32 Å². The van der Waals surface area contributed by atoms with Crippen molar-refractivity contribution in [3.8, 4) is 0 Å². The van der Waals surface area contributed by atoms with Crippen molar-refractivity contribution >= 4 is 23.4 Å². The number of hydrogen-bond donors (Lipinski definition) is 1. The van der Waals surface area contributed by atoms with Crippen LogP contribution in [0, 0.1) is 5.92 Å². The first-order chi connectivity index (χ1) is 11.9. The second-order valence-electron chi connectivity index (χ2n) is 6.79. The van der Waals surface area contributed by atoms with E-state index < -0.39 is 0 Å². The number of nitrogens with one attached hydrogen (secondary N) is 1. The number of carbonyl (C=O) groups excluding carboxylic acids is 2. The van der Waals surface area contributed by atoms with E-state index in [1.165, 1.54) is 0 Å². The number of Topliss-reactive ketones (excluding diaryl/α,β-unsaturated/α-hetero) is 1. The molecule has 1 aromatic rings. The van der Waals surface area contributed by atoms with Crippen LogP contribution in [0.4, 0.5) is 0 Å². The number of halogens is 1. The minimum absolute atomic E-state index is 0.146. The van der Waals surface area contributed by atoms with Crippen LogP contribution >= 0.6 is 11.6 Å². The van der Waals surface area contributed by atoms with Gasteiger partial charge >= 0.3 is 5.97 Å². The third-order valence-corrected chi connectivity index (χ3v) is 4.86. The summed E-state index contributed by atoms with van der Waals surface area (Å²) < 4.78 is 5.46. The third kappa shape index (κ3) is 3.49. The molecule has 2 aliphatic rings. The van der Waals surface area contributed by atoms with E-state index >= 15 is 0 Å². The molecule has 4 nitrogen and oxygen atoms in total. The second kappa shape index (κ2) is 7.04. The molecule has 0 bridgehead atoms. The van der Waals surface area contributed by atoms with Crippen molar-refractivity contribution in [2.24, 2.45) is 5.92 Å². The molecule has 1 aliphatic carbocycles. The maximum absolute atomic E-state index is 12.8. The minimum Gasteiger partial charge on any atom is -0.460 e. The largest absolute Gasteiger partial charge is 0.460 e. The lowest BCUT2D eigenvalue weighted by Crippen LogP contribution is -2.41. The van der Waals surface area contributed by atoms with Gasteiger partial charge in [0, 0.05) is 28.8 Å². The van der Waals surface area contributed by atoms with E-state index in [0.717, 1.165) is 23.4 Å². The molecule has 1 aliphatic heterocycles. The molecule has 0 spiro atoms. The summed E-state index contributed by atoms with van der Waals surface area (Å²) in [7, 11) is 0. The smallest absolute Gasteiger partial charge is 0.336 e. The third-order valence-electron chi connectivity index (χ3n) is 4.61. The molecule has 3 rings (SSSR count). The maximum Gasteiger partial charge on any atom is 0.336 e. The van der Waals surface area contributed by atoms with Gasteiger partial charge in [0.1, 0.15) is 5.78 Å². The lowest BCUT2D eigenvalue weighted by Gasteiger charge is -2.38. The highest BCUT2D eigenvalue weighted by Gasteiger charge is 2.43. The highest BCUT2D eigenvalue weighted by molar-refractivity contribution is 6.30. The van der Waals surface area contributed by atoms with E-state index in [9.17, 15) is 9.59 Å². The zero-order valence-corrected chi connectivity index (χ0v) is 15.4. The van der Waals surface area contributed by atoms with Gasteiger partial charge in [-0.2, -0.15) is 0 Å². The molecule has 0 saturated carbocycles. The first-order valence-corrected chi connectivity index (χ1v) is 8.93. The van der Waals surface area contributed by atoms with Gasteiger partial charge in [0.15, 0.2) is 0 Å². The number of benzene rings is 1. The van der Waals surface area contributed by atoms with Gasteiger partial charge in [-0.25, -0.2) is 4.79 Å². The molecular weight excluding hydrogens is 338 g/mol. The molecule has 0 amide bonds. The van der Waals surface area contributed by atoms with Gasteiger partial charge in [-0.05, 0) is 44.9 Å². The fraction of sp³-hybridized carbons (Fsp3) is 0.400. The monoisotopic (exact) mass is 359 g/mol. The van der Waals surface area contributed by atoms with Crippen LogP contribution < -0.4 is 5.32 Å². The maximum atomic E-state index is 12.8. The number of ether oxygens (including phenoxy) is 1. The Kier molecular flexibility index (Phi) is 5.00. The highest BCUT2D eigenvalue weighted by atomic mass is 35.5. The van der Waals surface area contributed by atoms with E-state index in [0.29, 0.717) is 17.0 Å². The summed E-state index contributed by atoms with van der Waals surface area (Å²) in [5.74, 6) is -0.971. The summed E-state index contributed by atoms with van der Waals surface area (Å²) in [6, 6.07) is 7.34. The van der Waals surface area contributed by atoms with Gasteiger partial charge in [0.05, 0.1) is 17.6 Å². The fourth-order valence-electron chi connectivity index (χ4n) is 3.59. The van der Waals surface area contributed by atoms with Crippen LogP contribution in [0.5, 0.6) is 0 Å². The van der Waals surface area contributed by atoms with Crippen molar-refractivity contribution in [1.29, 1.82) is 0 Å². The summed E-state index contributed by atoms with van der Waals surface area (Å²) in [5, 5.41) is 3.88. The lowest BCUT2D eigenvalue weighted by molar-refractivity contribution is -0.143. The Morgan fingerprint density at radius 1 is 1.24 bits per heavy atom. The fourth-order valence-corrected chi connectivity index (χ4v) is 3.72. The number of hydrogen-bond acceptors (Lipinski definition) is 4. The Labute approximate surface area is 152 Å². The van der Waals surface area contributed by atoms with E-state index in [2.05, 4.69) is 11.4 Å². The van der Waals surface area contributed by atoms with Crippen molar-refractivity contribution < 1.29 is 14.3 Å². The molecule has 2 unspecified atom stereocenters. The quantitative estimate of drug-likeness (QED) is 0.825. The van der Waals surface area contributed by atoms with E-state index in [4.69, 9.17) is 16.3 Å². The zero-order chi connectivity index (χ0) is 18.1. The Morgan fingerprint density at radius 2 is 1.92 bits per heavy atom. The molecule has 2 atom stereocenters. The van der Waals surface area contributed by atoms with Gasteiger partial charge in [-0.3, -0.25) is 4.79 Å². The van der Waals surface area contributed by atoms with Crippen molar-refractivity contribution in [3.63, 3.8) is 0 Å². The summed E-state index contributed by atoms with van der Waals surface area (Å²) in [4.78, 5) is 25.5.